The minimum atomic E-state index is -0.537. The first kappa shape index (κ1) is 19.7. The molecule has 2 amide bonds. The molecule has 138 valence electrons. The van der Waals surface area contributed by atoms with E-state index in [1.165, 1.54) is 0 Å². The molecule has 2 atom stereocenters. The van der Waals surface area contributed by atoms with Gasteiger partial charge in [-0.2, -0.15) is 0 Å². The molecule has 1 aromatic rings. The number of nitrogens with one attached hydrogen (secondary N) is 1. The normalized spacial score (nSPS) is 24.2. The third-order valence-electron chi connectivity index (χ3n) is 5.31. The lowest BCUT2D eigenvalue weighted by Crippen LogP contribution is -2.55. The summed E-state index contributed by atoms with van der Waals surface area (Å²) >= 11 is 0. The summed E-state index contributed by atoms with van der Waals surface area (Å²) in [5.74, 6) is 0.579. The smallest absolute Gasteiger partial charge is 0.253 e. The van der Waals surface area contributed by atoms with Crippen LogP contribution >= 0.6 is 12.4 Å². The van der Waals surface area contributed by atoms with E-state index in [2.05, 4.69) is 5.32 Å². The number of rotatable bonds is 5. The summed E-state index contributed by atoms with van der Waals surface area (Å²) in [5.41, 5.74) is 5.95. The van der Waals surface area contributed by atoms with Gasteiger partial charge in [-0.25, -0.2) is 0 Å². The average molecular weight is 366 g/mol. The van der Waals surface area contributed by atoms with Gasteiger partial charge in [-0.15, -0.1) is 12.4 Å². The van der Waals surface area contributed by atoms with Crippen LogP contribution in [0.3, 0.4) is 0 Å². The van der Waals surface area contributed by atoms with Gasteiger partial charge in [0, 0.05) is 31.2 Å². The molecule has 1 heterocycles. The van der Waals surface area contributed by atoms with Crippen molar-refractivity contribution in [2.75, 3.05) is 19.6 Å². The molecule has 0 spiro atoms. The van der Waals surface area contributed by atoms with Crippen molar-refractivity contribution in [1.29, 1.82) is 0 Å². The van der Waals surface area contributed by atoms with Crippen molar-refractivity contribution in [3.8, 4) is 0 Å². The van der Waals surface area contributed by atoms with Gasteiger partial charge in [0.05, 0.1) is 5.41 Å². The maximum Gasteiger partial charge on any atom is 0.253 e. The van der Waals surface area contributed by atoms with Crippen LogP contribution in [0.1, 0.15) is 43.0 Å². The number of nitrogens with zero attached hydrogens (tertiary/aromatic N) is 1. The predicted octanol–water partition coefficient (Wildman–Crippen LogP) is 2.20. The fraction of sp³-hybridized carbons (Fsp3) is 0.579. The highest BCUT2D eigenvalue weighted by atomic mass is 35.5. The second-order valence-electron chi connectivity index (χ2n) is 7.41. The number of amides is 2. The molecular formula is C19H28ClN3O2. The SMILES string of the molecule is CC1(C(=O)NC(CN)C2CC2)CCCN(C(=O)c2ccccc2)C1.Cl. The lowest BCUT2D eigenvalue weighted by atomic mass is 9.80. The minimum Gasteiger partial charge on any atom is -0.351 e. The largest absolute Gasteiger partial charge is 0.351 e. The number of piperidine rings is 1. The predicted molar refractivity (Wildman–Crippen MR) is 101 cm³/mol. The van der Waals surface area contributed by atoms with Crippen LogP contribution in [0.4, 0.5) is 0 Å². The Morgan fingerprint density at radius 3 is 2.60 bits per heavy atom. The van der Waals surface area contributed by atoms with E-state index in [-0.39, 0.29) is 30.3 Å². The molecule has 1 aliphatic heterocycles. The first-order valence-electron chi connectivity index (χ1n) is 8.89. The molecule has 2 unspecified atom stereocenters. The number of halogens is 1. The zero-order valence-corrected chi connectivity index (χ0v) is 15.6. The highest BCUT2D eigenvalue weighted by Gasteiger charge is 2.41. The van der Waals surface area contributed by atoms with Gasteiger partial charge in [-0.05, 0) is 50.7 Å². The monoisotopic (exact) mass is 365 g/mol. The third-order valence-corrected chi connectivity index (χ3v) is 5.31. The summed E-state index contributed by atoms with van der Waals surface area (Å²) in [7, 11) is 0. The Bertz CT molecular complexity index is 606. The Kier molecular flexibility index (Phi) is 6.47. The van der Waals surface area contributed by atoms with Crippen molar-refractivity contribution >= 4 is 24.2 Å². The van der Waals surface area contributed by atoms with Crippen LogP contribution in [0.5, 0.6) is 0 Å². The Morgan fingerprint density at radius 1 is 1.32 bits per heavy atom. The van der Waals surface area contributed by atoms with E-state index >= 15 is 0 Å². The topological polar surface area (TPSA) is 75.4 Å². The summed E-state index contributed by atoms with van der Waals surface area (Å²) in [6.07, 6.45) is 3.95. The van der Waals surface area contributed by atoms with E-state index in [0.29, 0.717) is 31.1 Å². The molecule has 6 heteroatoms. The van der Waals surface area contributed by atoms with E-state index in [1.54, 1.807) is 0 Å². The van der Waals surface area contributed by atoms with Crippen molar-refractivity contribution in [2.24, 2.45) is 17.1 Å². The number of hydrogen-bond acceptors (Lipinski definition) is 3. The first-order valence-corrected chi connectivity index (χ1v) is 8.89. The Labute approximate surface area is 155 Å². The highest BCUT2D eigenvalue weighted by molar-refractivity contribution is 5.95. The molecule has 3 N–H and O–H groups in total. The van der Waals surface area contributed by atoms with Crippen molar-refractivity contribution in [3.05, 3.63) is 35.9 Å². The molecule has 5 nitrogen and oxygen atoms in total. The van der Waals surface area contributed by atoms with Gasteiger partial charge >= 0.3 is 0 Å². The van der Waals surface area contributed by atoms with Crippen LogP contribution in [0.2, 0.25) is 0 Å². The number of benzene rings is 1. The van der Waals surface area contributed by atoms with Crippen LogP contribution < -0.4 is 11.1 Å². The molecule has 1 aliphatic carbocycles. The van der Waals surface area contributed by atoms with E-state index < -0.39 is 5.41 Å². The van der Waals surface area contributed by atoms with Crippen molar-refractivity contribution < 1.29 is 9.59 Å². The van der Waals surface area contributed by atoms with Gasteiger partial charge in [0.2, 0.25) is 5.91 Å². The van der Waals surface area contributed by atoms with Crippen molar-refractivity contribution in [2.45, 2.75) is 38.6 Å². The second-order valence-corrected chi connectivity index (χ2v) is 7.41. The number of carbonyl (C=O) groups is 2. The van der Waals surface area contributed by atoms with Gasteiger partial charge in [-0.1, -0.05) is 18.2 Å². The van der Waals surface area contributed by atoms with Crippen LogP contribution in [0, 0.1) is 11.3 Å². The van der Waals surface area contributed by atoms with Crippen LogP contribution in [-0.2, 0) is 4.79 Å². The summed E-state index contributed by atoms with van der Waals surface area (Å²) in [4.78, 5) is 27.3. The standard InChI is InChI=1S/C19H27N3O2.ClH/c1-19(18(24)21-16(12-20)14-8-9-14)10-5-11-22(13-19)17(23)15-6-3-2-4-7-15;/h2-4,6-7,14,16H,5,8-13,20H2,1H3,(H,21,24);1H. The van der Waals surface area contributed by atoms with Crippen LogP contribution in [0.15, 0.2) is 30.3 Å². The average Bonchev–Trinajstić information content (AvgIpc) is 3.44. The molecule has 0 radical (unpaired) electrons. The summed E-state index contributed by atoms with van der Waals surface area (Å²) < 4.78 is 0. The molecule has 0 aromatic heterocycles. The molecule has 1 saturated heterocycles. The fourth-order valence-corrected chi connectivity index (χ4v) is 3.57. The summed E-state index contributed by atoms with van der Waals surface area (Å²) in [5, 5.41) is 3.14. The Morgan fingerprint density at radius 2 is 2.00 bits per heavy atom. The minimum absolute atomic E-state index is 0. The molecule has 3 rings (SSSR count). The number of likely N-dealkylation sites (tertiary alicyclic amines) is 1. The fourth-order valence-electron chi connectivity index (χ4n) is 3.57. The third kappa shape index (κ3) is 4.53. The maximum atomic E-state index is 12.8. The summed E-state index contributed by atoms with van der Waals surface area (Å²) in [6, 6.07) is 9.36. The molecule has 1 aromatic carbocycles. The first-order chi connectivity index (χ1) is 11.5. The summed E-state index contributed by atoms with van der Waals surface area (Å²) in [6.45, 7) is 3.63. The Balaban J connectivity index is 0.00000225. The zero-order valence-electron chi connectivity index (χ0n) is 14.7. The molecule has 25 heavy (non-hydrogen) atoms. The van der Waals surface area contributed by atoms with Gasteiger partial charge in [-0.3, -0.25) is 9.59 Å². The number of nitrogens with two attached hydrogens (primary N) is 1. The van der Waals surface area contributed by atoms with Gasteiger partial charge < -0.3 is 16.0 Å². The van der Waals surface area contributed by atoms with Gasteiger partial charge in [0.25, 0.3) is 5.91 Å². The molecule has 2 fully saturated rings. The zero-order chi connectivity index (χ0) is 17.2. The molecule has 2 aliphatic rings. The van der Waals surface area contributed by atoms with Crippen LogP contribution in [-0.4, -0.2) is 42.4 Å². The Hall–Kier alpha value is -1.59. The van der Waals surface area contributed by atoms with Crippen molar-refractivity contribution in [1.82, 2.24) is 10.2 Å². The lowest BCUT2D eigenvalue weighted by molar-refractivity contribution is -0.133. The molecule has 1 saturated carbocycles. The highest BCUT2D eigenvalue weighted by Crippen LogP contribution is 2.34. The van der Waals surface area contributed by atoms with Crippen LogP contribution in [0.25, 0.3) is 0 Å². The maximum absolute atomic E-state index is 12.8. The molecule has 0 bridgehead atoms. The van der Waals surface area contributed by atoms with Gasteiger partial charge in [0.15, 0.2) is 0 Å². The van der Waals surface area contributed by atoms with Crippen molar-refractivity contribution in [3.63, 3.8) is 0 Å². The second kappa shape index (κ2) is 8.19. The quantitative estimate of drug-likeness (QED) is 0.839. The lowest BCUT2D eigenvalue weighted by Gasteiger charge is -2.40. The molecular weight excluding hydrogens is 338 g/mol. The number of carbonyl (C=O) groups excluding carboxylic acids is 2. The van der Waals surface area contributed by atoms with E-state index in [0.717, 1.165) is 25.7 Å². The number of hydrogen-bond donors (Lipinski definition) is 2. The van der Waals surface area contributed by atoms with Gasteiger partial charge in [0.1, 0.15) is 0 Å². The van der Waals surface area contributed by atoms with E-state index in [1.807, 2.05) is 42.2 Å². The van der Waals surface area contributed by atoms with E-state index in [9.17, 15) is 9.59 Å². The van der Waals surface area contributed by atoms with E-state index in [4.69, 9.17) is 5.73 Å².